The Morgan fingerprint density at radius 3 is 2.86 bits per heavy atom. The Labute approximate surface area is 168 Å². The topological polar surface area (TPSA) is 117 Å². The molecule has 5 rings (SSSR count). The maximum Gasteiger partial charge on any atom is 0.411 e. The van der Waals surface area contributed by atoms with Gasteiger partial charge in [0, 0.05) is 12.2 Å². The average Bonchev–Trinajstić information content (AvgIpc) is 3.38. The zero-order chi connectivity index (χ0) is 20.1. The molecule has 0 aliphatic carbocycles. The van der Waals surface area contributed by atoms with Gasteiger partial charge in [-0.1, -0.05) is 0 Å². The molecule has 3 aromatic rings. The molecule has 0 atom stereocenters. The van der Waals surface area contributed by atoms with Crippen LogP contribution in [0, 0.1) is 0 Å². The second-order valence-corrected chi connectivity index (χ2v) is 7.56. The van der Waals surface area contributed by atoms with Crippen molar-refractivity contribution >= 4 is 51.9 Å². The number of rotatable bonds is 2. The van der Waals surface area contributed by atoms with E-state index in [4.69, 9.17) is 0 Å². The SMILES string of the molecule is O=C1NC(=O)/C(=C\c2ccc3ncn(-c4ccc5c(c4)CCN5C(=O)O)c3n2)S1. The number of hydrogen-bond donors (Lipinski definition) is 2. The molecule has 3 amide bonds. The molecule has 9 nitrogen and oxygen atoms in total. The predicted octanol–water partition coefficient (Wildman–Crippen LogP) is 2.78. The fourth-order valence-electron chi connectivity index (χ4n) is 3.47. The molecule has 29 heavy (non-hydrogen) atoms. The van der Waals surface area contributed by atoms with Gasteiger partial charge in [-0.05, 0) is 60.2 Å². The van der Waals surface area contributed by atoms with Gasteiger partial charge in [0.2, 0.25) is 0 Å². The van der Waals surface area contributed by atoms with E-state index >= 15 is 0 Å². The summed E-state index contributed by atoms with van der Waals surface area (Å²) in [7, 11) is 0. The highest BCUT2D eigenvalue weighted by molar-refractivity contribution is 8.18. The van der Waals surface area contributed by atoms with Crippen LogP contribution in [0.1, 0.15) is 11.3 Å². The van der Waals surface area contributed by atoms with Crippen molar-refractivity contribution in [3.63, 3.8) is 0 Å². The molecule has 0 radical (unpaired) electrons. The maximum atomic E-state index is 11.8. The van der Waals surface area contributed by atoms with Gasteiger partial charge in [0.25, 0.3) is 11.1 Å². The van der Waals surface area contributed by atoms with E-state index in [1.807, 2.05) is 16.7 Å². The summed E-state index contributed by atoms with van der Waals surface area (Å²) in [6.07, 6.45) is 2.90. The Kier molecular flexibility index (Phi) is 3.88. The Morgan fingerprint density at radius 2 is 2.10 bits per heavy atom. The number of carbonyl (C=O) groups is 3. The van der Waals surface area contributed by atoms with E-state index in [1.165, 1.54) is 4.90 Å². The first-order valence-corrected chi connectivity index (χ1v) is 9.54. The van der Waals surface area contributed by atoms with Crippen molar-refractivity contribution < 1.29 is 19.5 Å². The summed E-state index contributed by atoms with van der Waals surface area (Å²) in [6, 6.07) is 9.08. The molecule has 0 bridgehead atoms. The molecule has 4 heterocycles. The molecule has 0 saturated carbocycles. The number of benzene rings is 1. The summed E-state index contributed by atoms with van der Waals surface area (Å²) in [5, 5.41) is 11.1. The first kappa shape index (κ1) is 17.4. The third kappa shape index (κ3) is 2.93. The van der Waals surface area contributed by atoms with E-state index < -0.39 is 17.2 Å². The van der Waals surface area contributed by atoms with E-state index in [-0.39, 0.29) is 0 Å². The minimum atomic E-state index is -0.962. The Balaban J connectivity index is 1.55. The predicted molar refractivity (Wildman–Crippen MR) is 107 cm³/mol. The number of aromatic nitrogens is 3. The second kappa shape index (κ2) is 6.45. The molecule has 1 fully saturated rings. The highest BCUT2D eigenvalue weighted by Gasteiger charge is 2.26. The number of nitrogens with zero attached hydrogens (tertiary/aromatic N) is 4. The normalized spacial score (nSPS) is 17.2. The Morgan fingerprint density at radius 1 is 1.24 bits per heavy atom. The lowest BCUT2D eigenvalue weighted by Crippen LogP contribution is -2.26. The van der Waals surface area contributed by atoms with Gasteiger partial charge in [-0.2, -0.15) is 0 Å². The summed E-state index contributed by atoms with van der Waals surface area (Å²) in [5.74, 6) is -0.433. The zero-order valence-electron chi connectivity index (χ0n) is 14.8. The van der Waals surface area contributed by atoms with Gasteiger partial charge in [-0.25, -0.2) is 14.8 Å². The number of nitrogens with one attached hydrogen (secondary N) is 1. The summed E-state index contributed by atoms with van der Waals surface area (Å²) >= 11 is 0.839. The van der Waals surface area contributed by atoms with Gasteiger partial charge in [0.05, 0.1) is 16.3 Å². The third-order valence-electron chi connectivity index (χ3n) is 4.81. The lowest BCUT2D eigenvalue weighted by Gasteiger charge is -2.13. The molecule has 2 N–H and O–H groups in total. The number of carbonyl (C=O) groups excluding carboxylic acids is 2. The molecular formula is C19H13N5O4S. The van der Waals surface area contributed by atoms with Gasteiger partial charge >= 0.3 is 6.09 Å². The molecule has 1 saturated heterocycles. The largest absolute Gasteiger partial charge is 0.465 e. The number of anilines is 1. The molecule has 1 aromatic carbocycles. The van der Waals surface area contributed by atoms with E-state index in [2.05, 4.69) is 15.3 Å². The number of pyridine rings is 1. The van der Waals surface area contributed by atoms with Crippen LogP contribution in [-0.4, -0.2) is 43.4 Å². The van der Waals surface area contributed by atoms with Crippen LogP contribution < -0.4 is 10.2 Å². The second-order valence-electron chi connectivity index (χ2n) is 6.54. The fraction of sp³-hybridized carbons (Fsp3) is 0.105. The van der Waals surface area contributed by atoms with Gasteiger partial charge in [-0.3, -0.25) is 24.4 Å². The van der Waals surface area contributed by atoms with Crippen LogP contribution >= 0.6 is 11.8 Å². The van der Waals surface area contributed by atoms with E-state index in [0.717, 1.165) is 23.0 Å². The van der Waals surface area contributed by atoms with Crippen LogP contribution in [0.4, 0.5) is 15.3 Å². The van der Waals surface area contributed by atoms with Crippen LogP contribution in [0.15, 0.2) is 41.6 Å². The number of hydrogen-bond acceptors (Lipinski definition) is 6. The quantitative estimate of drug-likeness (QED) is 0.627. The van der Waals surface area contributed by atoms with Crippen molar-refractivity contribution in [2.75, 3.05) is 11.4 Å². The molecule has 0 unspecified atom stereocenters. The van der Waals surface area contributed by atoms with Crippen LogP contribution in [0.5, 0.6) is 0 Å². The minimum Gasteiger partial charge on any atom is -0.465 e. The molecule has 2 aromatic heterocycles. The van der Waals surface area contributed by atoms with Crippen molar-refractivity contribution in [3.8, 4) is 5.69 Å². The molecule has 0 spiro atoms. The number of amides is 3. The number of fused-ring (bicyclic) bond motifs is 2. The average molecular weight is 407 g/mol. The van der Waals surface area contributed by atoms with E-state index in [0.29, 0.717) is 40.4 Å². The lowest BCUT2D eigenvalue weighted by atomic mass is 10.1. The molecule has 10 heteroatoms. The maximum absolute atomic E-state index is 11.8. The monoisotopic (exact) mass is 407 g/mol. The van der Waals surface area contributed by atoms with Crippen molar-refractivity contribution in [2.45, 2.75) is 6.42 Å². The third-order valence-corrected chi connectivity index (χ3v) is 5.62. The summed E-state index contributed by atoms with van der Waals surface area (Å²) in [6.45, 7) is 0.438. The first-order valence-electron chi connectivity index (χ1n) is 8.72. The molecule has 2 aliphatic rings. The van der Waals surface area contributed by atoms with Crippen molar-refractivity contribution in [1.29, 1.82) is 0 Å². The van der Waals surface area contributed by atoms with Gasteiger partial charge in [0.15, 0.2) is 5.65 Å². The Bertz CT molecular complexity index is 1250. The smallest absolute Gasteiger partial charge is 0.411 e. The fourth-order valence-corrected chi connectivity index (χ4v) is 4.14. The summed E-state index contributed by atoms with van der Waals surface area (Å²) in [4.78, 5) is 45.0. The first-order chi connectivity index (χ1) is 14.0. The van der Waals surface area contributed by atoms with Crippen molar-refractivity contribution in [2.24, 2.45) is 0 Å². The number of carboxylic acid groups (broad SMARTS) is 1. The Hall–Kier alpha value is -3.66. The highest BCUT2D eigenvalue weighted by Crippen LogP contribution is 2.31. The van der Waals surface area contributed by atoms with E-state index in [9.17, 15) is 19.5 Å². The van der Waals surface area contributed by atoms with Crippen LogP contribution in [0.2, 0.25) is 0 Å². The summed E-state index contributed by atoms with van der Waals surface area (Å²) in [5.41, 5.74) is 4.27. The zero-order valence-corrected chi connectivity index (χ0v) is 15.6. The van der Waals surface area contributed by atoms with E-state index in [1.54, 1.807) is 30.6 Å². The van der Waals surface area contributed by atoms with Crippen LogP contribution in [0.3, 0.4) is 0 Å². The lowest BCUT2D eigenvalue weighted by molar-refractivity contribution is -0.115. The van der Waals surface area contributed by atoms with Crippen LogP contribution in [0.25, 0.3) is 22.9 Å². The number of imidazole rings is 1. The summed E-state index contributed by atoms with van der Waals surface area (Å²) < 4.78 is 1.81. The number of imide groups is 1. The van der Waals surface area contributed by atoms with Crippen molar-refractivity contribution in [3.05, 3.63) is 52.8 Å². The minimum absolute atomic E-state index is 0.291. The van der Waals surface area contributed by atoms with Gasteiger partial charge in [-0.15, -0.1) is 0 Å². The highest BCUT2D eigenvalue weighted by atomic mass is 32.2. The van der Waals surface area contributed by atoms with Crippen LogP contribution in [-0.2, 0) is 11.2 Å². The molecule has 144 valence electrons. The van der Waals surface area contributed by atoms with Gasteiger partial charge < -0.3 is 5.11 Å². The van der Waals surface area contributed by atoms with Crippen molar-refractivity contribution in [1.82, 2.24) is 19.9 Å². The van der Waals surface area contributed by atoms with Gasteiger partial charge in [0.1, 0.15) is 11.8 Å². The number of thioether (sulfide) groups is 1. The molecular weight excluding hydrogens is 394 g/mol. The molecule has 2 aliphatic heterocycles. The standard InChI is InChI=1S/C19H13N5O4S/c25-17-15(29-18(26)22-17)8-11-1-3-13-16(21-11)24(9-20-13)12-2-4-14-10(7-12)5-6-23(14)19(27)28/h1-4,7-9H,5-6H2,(H,27,28)(H,22,25,26)/b15-8+.